The highest BCUT2D eigenvalue weighted by Gasteiger charge is 2.17. The number of benzene rings is 2. The van der Waals surface area contributed by atoms with Crippen molar-refractivity contribution in [3.05, 3.63) is 53.6 Å². The Morgan fingerprint density at radius 1 is 1.03 bits per heavy atom. The van der Waals surface area contributed by atoms with Crippen LogP contribution in [0.4, 0.5) is 11.6 Å². The molecule has 150 valence electrons. The number of hydrogen-bond acceptors (Lipinski definition) is 5. The van der Waals surface area contributed by atoms with Gasteiger partial charge in [0.2, 0.25) is 11.9 Å². The zero-order chi connectivity index (χ0) is 20.2. The Morgan fingerprint density at radius 3 is 2.52 bits per heavy atom. The van der Waals surface area contributed by atoms with E-state index in [1.54, 1.807) is 0 Å². The Bertz CT molecular complexity index is 1010. The summed E-state index contributed by atoms with van der Waals surface area (Å²) in [5.41, 5.74) is 4.05. The average Bonchev–Trinajstić information content (AvgIpc) is 2.71. The lowest BCUT2D eigenvalue weighted by atomic mass is 10.1. The molecule has 0 radical (unpaired) electrons. The first kappa shape index (κ1) is 19.7. The SMILES string of the molecule is Cc1cc(C)cc(NC(=O)CSc2nc(N3CCCCC3)nc3ccccc23)c1. The molecule has 5 nitrogen and oxygen atoms in total. The highest BCUT2D eigenvalue weighted by atomic mass is 32.2. The van der Waals surface area contributed by atoms with E-state index in [2.05, 4.69) is 16.3 Å². The van der Waals surface area contributed by atoms with E-state index >= 15 is 0 Å². The average molecular weight is 407 g/mol. The van der Waals surface area contributed by atoms with Gasteiger partial charge >= 0.3 is 0 Å². The van der Waals surface area contributed by atoms with Crippen molar-refractivity contribution in [2.75, 3.05) is 29.1 Å². The summed E-state index contributed by atoms with van der Waals surface area (Å²) >= 11 is 1.47. The molecule has 1 aromatic heterocycles. The lowest BCUT2D eigenvalue weighted by Crippen LogP contribution is -2.31. The molecule has 1 amide bonds. The summed E-state index contributed by atoms with van der Waals surface area (Å²) in [6.07, 6.45) is 3.62. The molecular weight excluding hydrogens is 380 g/mol. The van der Waals surface area contributed by atoms with Gasteiger partial charge in [-0.3, -0.25) is 4.79 Å². The second kappa shape index (κ2) is 8.82. The van der Waals surface area contributed by atoms with E-state index in [0.717, 1.165) is 51.8 Å². The van der Waals surface area contributed by atoms with E-state index < -0.39 is 0 Å². The zero-order valence-corrected chi connectivity index (χ0v) is 17.8. The van der Waals surface area contributed by atoms with Gasteiger partial charge in [-0.15, -0.1) is 0 Å². The van der Waals surface area contributed by atoms with Crippen molar-refractivity contribution in [1.82, 2.24) is 9.97 Å². The molecule has 2 aromatic carbocycles. The summed E-state index contributed by atoms with van der Waals surface area (Å²) in [5.74, 6) is 1.07. The van der Waals surface area contributed by atoms with Crippen LogP contribution < -0.4 is 10.2 Å². The highest BCUT2D eigenvalue weighted by molar-refractivity contribution is 8.00. The summed E-state index contributed by atoms with van der Waals surface area (Å²) in [6, 6.07) is 14.1. The second-order valence-corrected chi connectivity index (χ2v) is 8.57. The lowest BCUT2D eigenvalue weighted by Gasteiger charge is -2.27. The van der Waals surface area contributed by atoms with Gasteiger partial charge in [0.1, 0.15) is 5.03 Å². The molecule has 0 spiro atoms. The molecule has 1 aliphatic heterocycles. The topological polar surface area (TPSA) is 58.1 Å². The summed E-state index contributed by atoms with van der Waals surface area (Å²) in [5, 5.41) is 4.87. The van der Waals surface area contributed by atoms with Crippen molar-refractivity contribution < 1.29 is 4.79 Å². The number of aromatic nitrogens is 2. The van der Waals surface area contributed by atoms with Crippen LogP contribution in [0.1, 0.15) is 30.4 Å². The molecule has 0 saturated carbocycles. The number of amides is 1. The van der Waals surface area contributed by atoms with Gasteiger partial charge in [-0.25, -0.2) is 9.97 Å². The first-order valence-electron chi connectivity index (χ1n) is 10.1. The van der Waals surface area contributed by atoms with Crippen molar-refractivity contribution in [1.29, 1.82) is 0 Å². The predicted octanol–water partition coefficient (Wildman–Crippen LogP) is 4.97. The minimum atomic E-state index is -0.0257. The number of fused-ring (bicyclic) bond motifs is 1. The van der Waals surface area contributed by atoms with Gasteiger partial charge < -0.3 is 10.2 Å². The van der Waals surface area contributed by atoms with Gasteiger partial charge in [-0.1, -0.05) is 36.0 Å². The molecule has 1 aliphatic rings. The van der Waals surface area contributed by atoms with Crippen LogP contribution >= 0.6 is 11.8 Å². The van der Waals surface area contributed by atoms with E-state index in [-0.39, 0.29) is 5.91 Å². The maximum absolute atomic E-state index is 12.5. The number of aryl methyl sites for hydroxylation is 2. The van der Waals surface area contributed by atoms with Crippen LogP contribution in [0.15, 0.2) is 47.5 Å². The number of hydrogen-bond donors (Lipinski definition) is 1. The van der Waals surface area contributed by atoms with Crippen molar-refractivity contribution >= 4 is 40.2 Å². The summed E-state index contributed by atoms with van der Waals surface area (Å²) in [4.78, 5) is 24.4. The van der Waals surface area contributed by atoms with Crippen LogP contribution in [-0.2, 0) is 4.79 Å². The molecule has 1 saturated heterocycles. The summed E-state index contributed by atoms with van der Waals surface area (Å²) in [6.45, 7) is 6.06. The third-order valence-electron chi connectivity index (χ3n) is 5.04. The first-order chi connectivity index (χ1) is 14.1. The van der Waals surface area contributed by atoms with Crippen LogP contribution in [0.2, 0.25) is 0 Å². The van der Waals surface area contributed by atoms with Crippen LogP contribution in [0.5, 0.6) is 0 Å². The number of nitrogens with one attached hydrogen (secondary N) is 1. The molecular formula is C23H26N4OS. The number of thioether (sulfide) groups is 1. The fourth-order valence-corrected chi connectivity index (χ4v) is 4.57. The number of anilines is 2. The minimum Gasteiger partial charge on any atom is -0.341 e. The lowest BCUT2D eigenvalue weighted by molar-refractivity contribution is -0.113. The van der Waals surface area contributed by atoms with Crippen molar-refractivity contribution in [3.63, 3.8) is 0 Å². The van der Waals surface area contributed by atoms with Gasteiger partial charge in [0.25, 0.3) is 0 Å². The molecule has 3 aromatic rings. The Labute approximate surface area is 175 Å². The minimum absolute atomic E-state index is 0.0257. The molecule has 4 rings (SSSR count). The van der Waals surface area contributed by atoms with E-state index in [1.165, 1.54) is 31.0 Å². The molecule has 0 bridgehead atoms. The number of carbonyl (C=O) groups is 1. The van der Waals surface area contributed by atoms with Crippen LogP contribution in [0.3, 0.4) is 0 Å². The fourth-order valence-electron chi connectivity index (χ4n) is 3.76. The molecule has 1 fully saturated rings. The zero-order valence-electron chi connectivity index (χ0n) is 16.9. The van der Waals surface area contributed by atoms with E-state index in [9.17, 15) is 4.79 Å². The first-order valence-corrected chi connectivity index (χ1v) is 11.1. The van der Waals surface area contributed by atoms with Crippen LogP contribution in [0.25, 0.3) is 10.9 Å². The number of piperidine rings is 1. The Morgan fingerprint density at radius 2 is 1.76 bits per heavy atom. The Kier molecular flexibility index (Phi) is 6.00. The predicted molar refractivity (Wildman–Crippen MR) is 121 cm³/mol. The normalized spacial score (nSPS) is 14.2. The maximum atomic E-state index is 12.5. The van der Waals surface area contributed by atoms with Gasteiger partial charge in [-0.05, 0) is 62.4 Å². The molecule has 0 atom stereocenters. The Balaban J connectivity index is 1.52. The number of rotatable bonds is 5. The van der Waals surface area contributed by atoms with Gasteiger partial charge in [0.05, 0.1) is 11.3 Å². The second-order valence-electron chi connectivity index (χ2n) is 7.61. The fraction of sp³-hybridized carbons (Fsp3) is 0.348. The van der Waals surface area contributed by atoms with E-state index in [4.69, 9.17) is 9.97 Å². The van der Waals surface area contributed by atoms with Gasteiger partial charge in [0, 0.05) is 24.2 Å². The standard InChI is InChI=1S/C23H26N4OS/c1-16-12-17(2)14-18(13-16)24-21(28)15-29-22-19-8-4-5-9-20(19)25-23(26-22)27-10-6-3-7-11-27/h4-5,8-9,12-14H,3,6-7,10-11,15H2,1-2H3,(H,24,28). The van der Waals surface area contributed by atoms with Crippen molar-refractivity contribution in [2.24, 2.45) is 0 Å². The van der Waals surface area contributed by atoms with Crippen LogP contribution in [0, 0.1) is 13.8 Å². The number of carbonyl (C=O) groups excluding carboxylic acids is 1. The largest absolute Gasteiger partial charge is 0.341 e. The van der Waals surface area contributed by atoms with Gasteiger partial charge in [-0.2, -0.15) is 0 Å². The Hall–Kier alpha value is -2.60. The molecule has 0 aliphatic carbocycles. The van der Waals surface area contributed by atoms with Crippen LogP contribution in [-0.4, -0.2) is 34.7 Å². The number of nitrogens with zero attached hydrogens (tertiary/aromatic N) is 3. The summed E-state index contributed by atoms with van der Waals surface area (Å²) < 4.78 is 0. The smallest absolute Gasteiger partial charge is 0.234 e. The van der Waals surface area contributed by atoms with Crippen molar-refractivity contribution in [2.45, 2.75) is 38.1 Å². The van der Waals surface area contributed by atoms with E-state index in [0.29, 0.717) is 5.75 Å². The maximum Gasteiger partial charge on any atom is 0.234 e. The molecule has 2 heterocycles. The monoisotopic (exact) mass is 406 g/mol. The van der Waals surface area contributed by atoms with Crippen molar-refractivity contribution in [3.8, 4) is 0 Å². The third-order valence-corrected chi connectivity index (χ3v) is 6.03. The quantitative estimate of drug-likeness (QED) is 0.479. The van der Waals surface area contributed by atoms with Gasteiger partial charge in [0.15, 0.2) is 0 Å². The number of para-hydroxylation sites is 1. The summed E-state index contributed by atoms with van der Waals surface area (Å²) in [7, 11) is 0. The molecule has 0 unspecified atom stereocenters. The molecule has 1 N–H and O–H groups in total. The molecule has 6 heteroatoms. The highest BCUT2D eigenvalue weighted by Crippen LogP contribution is 2.28. The van der Waals surface area contributed by atoms with E-state index in [1.807, 2.05) is 50.2 Å². The third kappa shape index (κ3) is 4.88. The molecule has 29 heavy (non-hydrogen) atoms.